The van der Waals surface area contributed by atoms with Crippen LogP contribution in [-0.4, -0.2) is 34.0 Å². The minimum Gasteiger partial charge on any atom is -0.489 e. The molecule has 6 rings (SSSR count). The molecule has 0 spiro atoms. The zero-order valence-electron chi connectivity index (χ0n) is 21.1. The predicted molar refractivity (Wildman–Crippen MR) is 146 cm³/mol. The molecular weight excluding hydrogens is 498 g/mol. The van der Waals surface area contributed by atoms with E-state index in [4.69, 9.17) is 9.47 Å². The van der Waals surface area contributed by atoms with Gasteiger partial charge < -0.3 is 20.1 Å². The molecule has 6 bridgehead atoms. The number of aromatic nitrogens is 2. The van der Waals surface area contributed by atoms with Crippen molar-refractivity contribution in [3.63, 3.8) is 0 Å². The third kappa shape index (κ3) is 6.55. The summed E-state index contributed by atoms with van der Waals surface area (Å²) in [5.41, 5.74) is 3.28. The Labute approximate surface area is 225 Å². The molecule has 10 nitrogen and oxygen atoms in total. The van der Waals surface area contributed by atoms with E-state index in [0.717, 1.165) is 23.2 Å². The van der Waals surface area contributed by atoms with Crippen LogP contribution >= 0.6 is 0 Å². The summed E-state index contributed by atoms with van der Waals surface area (Å²) in [5.74, 6) is 0.601. The first-order valence-corrected chi connectivity index (χ1v) is 12.6. The van der Waals surface area contributed by atoms with E-state index in [1.54, 1.807) is 12.1 Å². The number of hydrogen-bond donors (Lipinski definition) is 2. The molecule has 1 aromatic heterocycles. The maximum absolute atomic E-state index is 12.6. The summed E-state index contributed by atoms with van der Waals surface area (Å²) in [6.45, 7) is 1.68. The van der Waals surface area contributed by atoms with Crippen LogP contribution in [0.25, 0.3) is 11.3 Å². The van der Waals surface area contributed by atoms with Crippen LogP contribution < -0.4 is 15.4 Å². The highest BCUT2D eigenvalue weighted by molar-refractivity contribution is 5.96. The number of nitro groups is 1. The quantitative estimate of drug-likeness (QED) is 0.267. The third-order valence-corrected chi connectivity index (χ3v) is 6.20. The zero-order valence-corrected chi connectivity index (χ0v) is 21.1. The fourth-order valence-electron chi connectivity index (χ4n) is 4.20. The first-order valence-electron chi connectivity index (χ1n) is 12.6. The van der Waals surface area contributed by atoms with Crippen molar-refractivity contribution in [3.8, 4) is 17.0 Å². The van der Waals surface area contributed by atoms with Crippen LogP contribution in [0.1, 0.15) is 34.3 Å². The molecule has 10 heteroatoms. The second-order valence-electron chi connectivity index (χ2n) is 8.99. The van der Waals surface area contributed by atoms with E-state index in [9.17, 15) is 14.9 Å². The molecule has 0 saturated heterocycles. The first-order chi connectivity index (χ1) is 19.1. The number of nitro benzene ring substituents is 1. The van der Waals surface area contributed by atoms with E-state index in [-0.39, 0.29) is 23.1 Å². The number of ether oxygens (including phenoxy) is 2. The number of benzene rings is 3. The van der Waals surface area contributed by atoms with Crippen molar-refractivity contribution in [3.05, 3.63) is 106 Å². The van der Waals surface area contributed by atoms with Crippen LogP contribution in [-0.2, 0) is 18.0 Å². The van der Waals surface area contributed by atoms with E-state index >= 15 is 0 Å². The Morgan fingerprint density at radius 1 is 1.03 bits per heavy atom. The number of hydrogen-bond acceptors (Lipinski definition) is 8. The van der Waals surface area contributed by atoms with Gasteiger partial charge >= 0.3 is 0 Å². The van der Waals surface area contributed by atoms with Gasteiger partial charge in [-0.05, 0) is 54.8 Å². The van der Waals surface area contributed by atoms with Crippen LogP contribution in [0.5, 0.6) is 5.75 Å². The maximum atomic E-state index is 12.6. The molecule has 0 fully saturated rings. The van der Waals surface area contributed by atoms with Gasteiger partial charge in [-0.2, -0.15) is 0 Å². The molecule has 2 aliphatic rings. The lowest BCUT2D eigenvalue weighted by Gasteiger charge is -2.15. The van der Waals surface area contributed by atoms with Gasteiger partial charge in [-0.1, -0.05) is 30.3 Å². The lowest BCUT2D eigenvalue weighted by molar-refractivity contribution is -0.384. The highest BCUT2D eigenvalue weighted by Gasteiger charge is 2.20. The zero-order chi connectivity index (χ0) is 27.0. The smallest absolute Gasteiger partial charge is 0.279 e. The van der Waals surface area contributed by atoms with Gasteiger partial charge in [-0.15, -0.1) is 0 Å². The Kier molecular flexibility index (Phi) is 8.03. The number of rotatable bonds is 4. The van der Waals surface area contributed by atoms with Crippen molar-refractivity contribution >= 4 is 23.2 Å². The van der Waals surface area contributed by atoms with Gasteiger partial charge in [-0.25, -0.2) is 9.97 Å². The molecule has 4 aromatic rings. The van der Waals surface area contributed by atoms with E-state index < -0.39 is 4.92 Å². The van der Waals surface area contributed by atoms with Gasteiger partial charge in [0, 0.05) is 42.2 Å². The van der Waals surface area contributed by atoms with Crippen LogP contribution in [0.4, 0.5) is 17.3 Å². The molecule has 198 valence electrons. The Balaban J connectivity index is 1.46. The summed E-state index contributed by atoms with van der Waals surface area (Å²) in [5, 5.41) is 17.9. The molecule has 0 aliphatic carbocycles. The monoisotopic (exact) mass is 525 g/mol. The molecule has 1 amide bonds. The van der Waals surface area contributed by atoms with Crippen LogP contribution in [0.3, 0.4) is 0 Å². The van der Waals surface area contributed by atoms with Crippen molar-refractivity contribution in [2.24, 2.45) is 0 Å². The van der Waals surface area contributed by atoms with Crippen molar-refractivity contribution in [1.82, 2.24) is 15.3 Å². The molecule has 3 aromatic carbocycles. The number of carbonyl (C=O) groups is 1. The number of amides is 1. The summed E-state index contributed by atoms with van der Waals surface area (Å²) >= 11 is 0. The first kappa shape index (κ1) is 25.8. The van der Waals surface area contributed by atoms with Crippen LogP contribution in [0.2, 0.25) is 0 Å². The topological polar surface area (TPSA) is 129 Å². The standard InChI is InChI=1S/C29H27N5O5/c35-28-21-8-10-24(26(17-21)34(36)37)25-12-14-31-29(33-25)32-23-9-11-27(39-18-20-6-2-1-3-7-20)22(16-23)19-38-15-5-4-13-30-28/h1-3,6-12,14,16-17H,4-5,13,15,18-19H2,(H,30,35)(H,31,32,33). The van der Waals surface area contributed by atoms with Crippen molar-refractivity contribution in [1.29, 1.82) is 0 Å². The summed E-state index contributed by atoms with van der Waals surface area (Å²) in [6.07, 6.45) is 2.96. The lowest BCUT2D eigenvalue weighted by atomic mass is 10.1. The van der Waals surface area contributed by atoms with Crippen molar-refractivity contribution in [2.75, 3.05) is 18.5 Å². The number of nitrogens with zero attached hydrogens (tertiary/aromatic N) is 3. The average molecular weight is 526 g/mol. The van der Waals surface area contributed by atoms with Crippen LogP contribution in [0.15, 0.2) is 79.0 Å². The number of nitrogens with one attached hydrogen (secondary N) is 2. The third-order valence-electron chi connectivity index (χ3n) is 6.20. The molecule has 2 N–H and O–H groups in total. The molecule has 0 radical (unpaired) electrons. The van der Waals surface area contributed by atoms with Crippen molar-refractivity contribution < 1.29 is 19.2 Å². The van der Waals surface area contributed by atoms with E-state index in [1.807, 2.05) is 48.5 Å². The van der Waals surface area contributed by atoms with Crippen LogP contribution in [0, 0.1) is 10.1 Å². The number of fused-ring (bicyclic) bond motifs is 9. The summed E-state index contributed by atoms with van der Waals surface area (Å²) in [7, 11) is 0. The fourth-order valence-corrected chi connectivity index (χ4v) is 4.20. The Hall–Kier alpha value is -4.83. The normalized spacial score (nSPS) is 13.8. The number of carbonyl (C=O) groups excluding carboxylic acids is 1. The summed E-state index contributed by atoms with van der Waals surface area (Å²) in [4.78, 5) is 32.7. The molecular formula is C29H27N5O5. The predicted octanol–water partition coefficient (Wildman–Crippen LogP) is 5.41. The minimum atomic E-state index is -0.512. The van der Waals surface area contributed by atoms with E-state index in [1.165, 1.54) is 18.3 Å². The molecule has 2 aliphatic heterocycles. The SMILES string of the molecule is O=C1NCCCCOCc2cc(ccc2OCc2ccccc2)Nc2nccc(n2)-c2ccc1cc2[N+](=O)[O-]. The lowest BCUT2D eigenvalue weighted by Crippen LogP contribution is -2.24. The molecule has 0 unspecified atom stereocenters. The van der Waals surface area contributed by atoms with Gasteiger partial charge in [0.15, 0.2) is 0 Å². The molecule has 39 heavy (non-hydrogen) atoms. The minimum absolute atomic E-state index is 0.208. The molecule has 0 saturated carbocycles. The number of anilines is 2. The van der Waals surface area contributed by atoms with Gasteiger partial charge in [0.25, 0.3) is 11.6 Å². The second-order valence-corrected chi connectivity index (χ2v) is 8.99. The van der Waals surface area contributed by atoms with Crippen molar-refractivity contribution in [2.45, 2.75) is 26.1 Å². The summed E-state index contributed by atoms with van der Waals surface area (Å²) in [6, 6.07) is 21.5. The molecule has 0 atom stereocenters. The fraction of sp³-hybridized carbons (Fsp3) is 0.207. The Bertz CT molecular complexity index is 1480. The maximum Gasteiger partial charge on any atom is 0.279 e. The Morgan fingerprint density at radius 2 is 1.90 bits per heavy atom. The van der Waals surface area contributed by atoms with Gasteiger partial charge in [0.2, 0.25) is 5.95 Å². The highest BCUT2D eigenvalue weighted by Crippen LogP contribution is 2.31. The second kappa shape index (κ2) is 12.1. The van der Waals surface area contributed by atoms with Gasteiger partial charge in [0.05, 0.1) is 22.8 Å². The van der Waals surface area contributed by atoms with E-state index in [2.05, 4.69) is 20.6 Å². The van der Waals surface area contributed by atoms with Gasteiger partial charge in [0.1, 0.15) is 12.4 Å². The largest absolute Gasteiger partial charge is 0.489 e. The van der Waals surface area contributed by atoms with E-state index in [0.29, 0.717) is 49.8 Å². The highest BCUT2D eigenvalue weighted by atomic mass is 16.6. The Morgan fingerprint density at radius 3 is 2.74 bits per heavy atom. The average Bonchev–Trinajstić information content (AvgIpc) is 2.96. The van der Waals surface area contributed by atoms with Gasteiger partial charge in [-0.3, -0.25) is 14.9 Å². The molecule has 3 heterocycles. The summed E-state index contributed by atoms with van der Waals surface area (Å²) < 4.78 is 12.0.